The van der Waals surface area contributed by atoms with E-state index in [9.17, 15) is 39.3 Å². The Labute approximate surface area is 376 Å². The Hall–Kier alpha value is -6.83. The quantitative estimate of drug-likeness (QED) is 0.0813. The van der Waals surface area contributed by atoms with Crippen LogP contribution in [0.5, 0.6) is 17.2 Å². The van der Waals surface area contributed by atoms with Gasteiger partial charge >= 0.3 is 5.97 Å². The fraction of sp³-hybridized carbons (Fsp3) is 0.413. The van der Waals surface area contributed by atoms with Crippen LogP contribution in [0.15, 0.2) is 48.5 Å². The molecule has 0 saturated carbocycles. The van der Waals surface area contributed by atoms with Crippen molar-refractivity contribution in [1.29, 1.82) is 0 Å². The largest absolute Gasteiger partial charge is 0.504 e. The molecule has 346 valence electrons. The predicted octanol–water partition coefficient (Wildman–Crippen LogP) is 1.62. The number of nitrogens with two attached hydrogens (primary N) is 3. The molecule has 4 bridgehead atoms. The molecule has 0 unspecified atom stereocenters. The molecule has 0 saturated heterocycles. The number of aryl methyl sites for hydroxylation is 2. The van der Waals surface area contributed by atoms with E-state index in [2.05, 4.69) is 45.8 Å². The second-order valence-corrected chi connectivity index (χ2v) is 17.0. The number of carbonyl (C=O) groups excluding carboxylic acids is 4. The van der Waals surface area contributed by atoms with Gasteiger partial charge in [-0.3, -0.25) is 19.2 Å². The van der Waals surface area contributed by atoms with Crippen LogP contribution in [0.4, 0.5) is 5.82 Å². The number of carboxylic acids is 1. The molecule has 19 heteroatoms. The standard InChI is InChI=1S/C46H57N9O10/c1-23-37(40(49)54-41(51-23)27-8-9-32-26(17-27)11-12-46(32,3)4)43(60)50-21-36(57)55(5)38-28-18-31(39(58)35(19-28)65-22-29(56)20-48)30-15-25(7-10-34(30)64-14-6-13-47)16-33(45(62)63)53-42(59)24(2)52-44(38)61/h7-10,15,17-19,24,29,33,38,56,58H,6,11-14,16,20-22,47-48H2,1-5H3,(H,50,60)(H,52,61)(H,53,59)(H,62,63)(H2,49,51,54)/t24-,29+,33-,38-/m0/s1. The number of fused-ring (bicyclic) bond motifs is 6. The van der Waals surface area contributed by atoms with E-state index in [0.29, 0.717) is 24.4 Å². The molecule has 12 N–H and O–H groups in total. The molecule has 4 atom stereocenters. The van der Waals surface area contributed by atoms with E-state index >= 15 is 0 Å². The van der Waals surface area contributed by atoms with E-state index in [1.54, 1.807) is 25.1 Å². The Kier molecular flexibility index (Phi) is 14.6. The maximum atomic E-state index is 14.4. The summed E-state index contributed by atoms with van der Waals surface area (Å²) in [6.07, 6.45) is 1.06. The zero-order chi connectivity index (χ0) is 47.3. The molecular weight excluding hydrogens is 839 g/mol. The van der Waals surface area contributed by atoms with Crippen LogP contribution in [0.2, 0.25) is 0 Å². The molecule has 6 rings (SSSR count). The van der Waals surface area contributed by atoms with Crippen LogP contribution in [-0.2, 0) is 37.4 Å². The number of carbonyl (C=O) groups is 5. The third-order valence-corrected chi connectivity index (χ3v) is 11.7. The van der Waals surface area contributed by atoms with Crippen molar-refractivity contribution in [1.82, 2.24) is 30.8 Å². The van der Waals surface area contributed by atoms with Crippen LogP contribution in [0.3, 0.4) is 0 Å². The summed E-state index contributed by atoms with van der Waals surface area (Å²) in [7, 11) is 1.30. The Morgan fingerprint density at radius 2 is 1.75 bits per heavy atom. The summed E-state index contributed by atoms with van der Waals surface area (Å²) in [6, 6.07) is 9.20. The first-order valence-electron chi connectivity index (χ1n) is 21.3. The number of anilines is 1. The lowest BCUT2D eigenvalue weighted by Crippen LogP contribution is -2.53. The van der Waals surface area contributed by atoms with Crippen molar-refractivity contribution in [2.24, 2.45) is 11.5 Å². The number of aliphatic carboxylic acids is 1. The van der Waals surface area contributed by atoms with E-state index in [1.807, 2.05) is 12.1 Å². The van der Waals surface area contributed by atoms with Gasteiger partial charge in [0.2, 0.25) is 17.7 Å². The molecule has 3 aromatic carbocycles. The Morgan fingerprint density at radius 3 is 2.45 bits per heavy atom. The summed E-state index contributed by atoms with van der Waals surface area (Å²) in [5.41, 5.74) is 22.0. The third kappa shape index (κ3) is 10.6. The number of phenolic OH excluding ortho intramolecular Hbond substituents is 1. The molecular formula is C46H57N9O10. The summed E-state index contributed by atoms with van der Waals surface area (Å²) in [4.78, 5) is 78.1. The molecule has 4 amide bonds. The minimum Gasteiger partial charge on any atom is -0.504 e. The number of hydrogen-bond acceptors (Lipinski definition) is 14. The molecule has 65 heavy (non-hydrogen) atoms. The minimum atomic E-state index is -1.58. The van der Waals surface area contributed by atoms with Crippen LogP contribution in [0, 0.1) is 6.92 Å². The van der Waals surface area contributed by atoms with Gasteiger partial charge in [0.15, 0.2) is 17.3 Å². The van der Waals surface area contributed by atoms with Gasteiger partial charge in [0.05, 0.1) is 18.8 Å². The molecule has 0 fully saturated rings. The van der Waals surface area contributed by atoms with Crippen LogP contribution in [-0.4, -0.2) is 118 Å². The van der Waals surface area contributed by atoms with E-state index in [0.717, 1.165) is 23.3 Å². The van der Waals surface area contributed by atoms with Gasteiger partial charge in [-0.25, -0.2) is 14.8 Å². The molecule has 19 nitrogen and oxygen atoms in total. The van der Waals surface area contributed by atoms with Crippen molar-refractivity contribution in [2.45, 2.75) is 83.0 Å². The van der Waals surface area contributed by atoms with Crippen molar-refractivity contribution in [3.8, 4) is 39.8 Å². The third-order valence-electron chi connectivity index (χ3n) is 11.7. The van der Waals surface area contributed by atoms with Gasteiger partial charge in [-0.2, -0.15) is 0 Å². The number of nitrogen functional groups attached to an aromatic ring is 1. The number of likely N-dealkylation sites (N-methyl/N-ethyl adjacent to an activating group) is 1. The number of amides is 4. The van der Waals surface area contributed by atoms with Crippen LogP contribution < -0.4 is 42.6 Å². The molecule has 1 aliphatic heterocycles. The van der Waals surface area contributed by atoms with E-state index in [4.69, 9.17) is 26.7 Å². The summed E-state index contributed by atoms with van der Waals surface area (Å²) >= 11 is 0. The number of aliphatic hydroxyl groups is 1. The second kappa shape index (κ2) is 19.9. The van der Waals surface area contributed by atoms with Gasteiger partial charge in [0.25, 0.3) is 5.91 Å². The number of phenols is 1. The van der Waals surface area contributed by atoms with Crippen molar-refractivity contribution >= 4 is 35.4 Å². The zero-order valence-corrected chi connectivity index (χ0v) is 37.1. The lowest BCUT2D eigenvalue weighted by atomic mass is 9.86. The molecule has 4 aromatic rings. The number of benzene rings is 3. The number of hydrogen-bond donors (Lipinski definition) is 9. The van der Waals surface area contributed by atoms with E-state index in [-0.39, 0.29) is 76.9 Å². The van der Waals surface area contributed by atoms with Crippen molar-refractivity contribution in [3.05, 3.63) is 82.0 Å². The normalized spacial score (nSPS) is 18.3. The minimum absolute atomic E-state index is 0.0434. The monoisotopic (exact) mass is 895 g/mol. The van der Waals surface area contributed by atoms with Crippen LogP contribution in [0.1, 0.15) is 78.0 Å². The fourth-order valence-corrected chi connectivity index (χ4v) is 8.00. The number of nitrogens with zero attached hydrogens (tertiary/aromatic N) is 3. The van der Waals surface area contributed by atoms with Crippen molar-refractivity contribution in [3.63, 3.8) is 0 Å². The summed E-state index contributed by atoms with van der Waals surface area (Å²) in [5.74, 6) is -4.76. The SMILES string of the molecule is Cc1nc(-c2ccc3c(c2)CCC3(C)C)nc(N)c1C(=O)NCC(=O)N(C)[C@@H]1C(=O)N[C@@H](C)C(=O)N[C@H](C(=O)O)Cc2ccc(OCCCN)c(c2)-c2cc1cc(OC[C@H](O)CN)c2O. The van der Waals surface area contributed by atoms with Gasteiger partial charge in [-0.05, 0) is 97.7 Å². The lowest BCUT2D eigenvalue weighted by molar-refractivity contribution is -0.142. The number of rotatable bonds is 14. The number of ether oxygens (including phenoxy) is 2. The number of carboxylic acid groups (broad SMARTS) is 1. The number of aromatic hydroxyl groups is 1. The van der Waals surface area contributed by atoms with Crippen LogP contribution >= 0.6 is 0 Å². The number of nitrogens with one attached hydrogen (secondary N) is 3. The summed E-state index contributed by atoms with van der Waals surface area (Å²) in [5, 5.41) is 39.8. The van der Waals surface area contributed by atoms with E-state index < -0.39 is 66.1 Å². The second-order valence-electron chi connectivity index (χ2n) is 17.0. The molecule has 1 aromatic heterocycles. The number of aromatic nitrogens is 2. The van der Waals surface area contributed by atoms with Gasteiger partial charge in [-0.1, -0.05) is 32.0 Å². The maximum Gasteiger partial charge on any atom is 0.326 e. The highest BCUT2D eigenvalue weighted by Gasteiger charge is 2.35. The van der Waals surface area contributed by atoms with Gasteiger partial charge < -0.3 is 62.8 Å². The number of aliphatic hydroxyl groups excluding tert-OH is 1. The Bertz CT molecular complexity index is 2470. The molecule has 2 aliphatic rings. The lowest BCUT2D eigenvalue weighted by Gasteiger charge is -2.30. The van der Waals surface area contributed by atoms with Gasteiger partial charge in [-0.15, -0.1) is 0 Å². The molecule has 1 aliphatic carbocycles. The van der Waals surface area contributed by atoms with Crippen molar-refractivity contribution in [2.75, 3.05) is 45.6 Å². The topological polar surface area (TPSA) is 308 Å². The van der Waals surface area contributed by atoms with Gasteiger partial charge in [0.1, 0.15) is 48.0 Å². The van der Waals surface area contributed by atoms with Crippen LogP contribution in [0.25, 0.3) is 22.5 Å². The highest BCUT2D eigenvalue weighted by Crippen LogP contribution is 2.45. The average molecular weight is 896 g/mol. The molecule has 0 radical (unpaired) electrons. The highest BCUT2D eigenvalue weighted by atomic mass is 16.5. The van der Waals surface area contributed by atoms with E-state index in [1.165, 1.54) is 37.2 Å². The smallest absolute Gasteiger partial charge is 0.326 e. The predicted molar refractivity (Wildman–Crippen MR) is 240 cm³/mol. The Balaban J connectivity index is 1.36. The first-order chi connectivity index (χ1) is 30.8. The van der Waals surface area contributed by atoms with Gasteiger partial charge in [0, 0.05) is 36.7 Å². The first kappa shape index (κ1) is 47.6. The molecule has 2 heterocycles. The highest BCUT2D eigenvalue weighted by molar-refractivity contribution is 6.02. The Morgan fingerprint density at radius 1 is 1.00 bits per heavy atom. The first-order valence-corrected chi connectivity index (χ1v) is 21.3. The average Bonchev–Trinajstić information content (AvgIpc) is 3.57. The summed E-state index contributed by atoms with van der Waals surface area (Å²) < 4.78 is 11.9. The summed E-state index contributed by atoms with van der Waals surface area (Å²) in [6.45, 7) is 6.64. The van der Waals surface area contributed by atoms with Crippen molar-refractivity contribution < 1.29 is 48.8 Å². The zero-order valence-electron chi connectivity index (χ0n) is 37.1. The maximum absolute atomic E-state index is 14.4. The molecule has 0 spiro atoms. The fourth-order valence-electron chi connectivity index (χ4n) is 8.00.